The minimum Gasteiger partial charge on any atom is -0.463 e. The van der Waals surface area contributed by atoms with E-state index in [1.54, 1.807) is 54.6 Å². The van der Waals surface area contributed by atoms with Gasteiger partial charge in [0.15, 0.2) is 36.8 Å². The van der Waals surface area contributed by atoms with Crippen molar-refractivity contribution in [2.24, 2.45) is 0 Å². The van der Waals surface area contributed by atoms with Crippen LogP contribution in [0.2, 0.25) is 0 Å². The van der Waals surface area contributed by atoms with Crippen LogP contribution in [-0.4, -0.2) is 126 Å². The summed E-state index contributed by atoms with van der Waals surface area (Å²) in [5.74, 6) is -7.62. The first-order chi connectivity index (χ1) is 30.8. The Balaban J connectivity index is 1.63. The topological polar surface area (TPSA) is 245 Å². The van der Waals surface area contributed by atoms with Gasteiger partial charge in [0.1, 0.15) is 18.8 Å². The van der Waals surface area contributed by atoms with Crippen molar-refractivity contribution in [3.05, 3.63) is 108 Å². The normalized spacial score (nSPS) is 25.1. The second-order valence-corrected chi connectivity index (χ2v) is 16.4. The highest BCUT2D eigenvalue weighted by Gasteiger charge is 2.57. The van der Waals surface area contributed by atoms with Gasteiger partial charge in [-0.25, -0.2) is 14.4 Å². The number of benzene rings is 3. The maximum absolute atomic E-state index is 13.9. The van der Waals surface area contributed by atoms with Gasteiger partial charge in [-0.05, 0) is 36.4 Å². The molecule has 1 N–H and O–H groups in total. The lowest BCUT2D eigenvalue weighted by atomic mass is 9.97. The molecule has 0 saturated carbocycles. The van der Waals surface area contributed by atoms with Crippen LogP contribution in [-0.2, 0) is 71.3 Å². The Morgan fingerprint density at radius 1 is 0.477 bits per heavy atom. The standard InChI is InChI=1S/C43H42Cl3NO18/c1-22(48)55-20-29-31(57-23(2)49)33(58-24(3)50)35(59-25(4)51)40(60-29)56-21-30-32(62-37(52)26-14-8-5-9-15-26)34(63-38(53)27-16-10-6-11-17-27)36(41(61-30)65-42(47)43(44,45)46)64-39(54)28-18-12-7-13-19-28/h5-19,29-36,40-41,47H,20-21H2,1-4H3/t29-,30-,31-,32-,33+,34+,35-,36-,40-,41-/m1/s1. The summed E-state index contributed by atoms with van der Waals surface area (Å²) in [5.41, 5.74) is 0.00826. The summed E-state index contributed by atoms with van der Waals surface area (Å²) in [5, 5.41) is 8.44. The molecule has 2 fully saturated rings. The van der Waals surface area contributed by atoms with Crippen molar-refractivity contribution < 1.29 is 85.7 Å². The molecule has 0 unspecified atom stereocenters. The molecule has 22 heteroatoms. The molecule has 2 heterocycles. The number of ether oxygens (including phenoxy) is 11. The average Bonchev–Trinajstić information content (AvgIpc) is 3.25. The third kappa shape index (κ3) is 14.1. The number of esters is 7. The molecule has 348 valence electrons. The summed E-state index contributed by atoms with van der Waals surface area (Å²) < 4.78 is 61.2. The van der Waals surface area contributed by atoms with Gasteiger partial charge in [0.2, 0.25) is 18.3 Å². The minimum atomic E-state index is -2.54. The van der Waals surface area contributed by atoms with Gasteiger partial charge in [-0.2, -0.15) is 0 Å². The monoisotopic (exact) mass is 965 g/mol. The molecule has 2 aliphatic rings. The predicted octanol–water partition coefficient (Wildman–Crippen LogP) is 4.85. The van der Waals surface area contributed by atoms with E-state index >= 15 is 0 Å². The maximum atomic E-state index is 13.9. The second kappa shape index (κ2) is 22.9. The highest BCUT2D eigenvalue weighted by molar-refractivity contribution is 6.76. The van der Waals surface area contributed by atoms with Gasteiger partial charge in [-0.15, -0.1) is 0 Å². The largest absolute Gasteiger partial charge is 0.463 e. The fourth-order valence-corrected chi connectivity index (χ4v) is 6.64. The van der Waals surface area contributed by atoms with Crippen LogP contribution in [0.3, 0.4) is 0 Å². The first-order valence-corrected chi connectivity index (χ1v) is 20.6. The number of carbonyl (C=O) groups excluding carboxylic acids is 7. The highest BCUT2D eigenvalue weighted by Crippen LogP contribution is 2.36. The molecule has 2 aliphatic heterocycles. The van der Waals surface area contributed by atoms with Crippen LogP contribution in [0.4, 0.5) is 0 Å². The van der Waals surface area contributed by atoms with Crippen LogP contribution in [0.25, 0.3) is 0 Å². The molecule has 0 spiro atoms. The average molecular weight is 967 g/mol. The molecule has 19 nitrogen and oxygen atoms in total. The quantitative estimate of drug-likeness (QED) is 0.0703. The minimum absolute atomic E-state index is 0.00258. The molecule has 0 aliphatic carbocycles. The molecule has 3 aromatic carbocycles. The smallest absolute Gasteiger partial charge is 0.338 e. The van der Waals surface area contributed by atoms with E-state index in [4.69, 9.17) is 92.3 Å². The lowest BCUT2D eigenvalue weighted by Crippen LogP contribution is -2.65. The van der Waals surface area contributed by atoms with Gasteiger partial charge < -0.3 is 52.1 Å². The van der Waals surface area contributed by atoms with E-state index in [1.165, 1.54) is 36.4 Å². The number of nitrogens with one attached hydrogen (secondary N) is 1. The Hall–Kier alpha value is -5.83. The van der Waals surface area contributed by atoms with E-state index in [0.717, 1.165) is 27.7 Å². The molecule has 0 bridgehead atoms. The molecule has 0 aromatic heterocycles. The Bertz CT molecular complexity index is 2180. The number of carbonyl (C=O) groups is 7. The number of halogens is 3. The van der Waals surface area contributed by atoms with Crippen LogP contribution in [0.1, 0.15) is 58.8 Å². The Morgan fingerprint density at radius 2 is 0.831 bits per heavy atom. The van der Waals surface area contributed by atoms with Crippen LogP contribution in [0.5, 0.6) is 0 Å². The first kappa shape index (κ1) is 50.2. The number of hydrogen-bond acceptors (Lipinski definition) is 19. The highest BCUT2D eigenvalue weighted by atomic mass is 35.6. The summed E-state index contributed by atoms with van der Waals surface area (Å²) in [6, 6.07) is 22.6. The third-order valence-corrected chi connectivity index (χ3v) is 9.73. The molecular formula is C43H42Cl3NO18. The van der Waals surface area contributed by atoms with Crippen molar-refractivity contribution in [1.29, 1.82) is 5.41 Å². The molecular weight excluding hydrogens is 925 g/mol. The Kier molecular flexibility index (Phi) is 17.7. The molecule has 10 atom stereocenters. The maximum Gasteiger partial charge on any atom is 0.338 e. The molecule has 5 rings (SSSR count). The van der Waals surface area contributed by atoms with Gasteiger partial charge >= 0.3 is 41.8 Å². The summed E-state index contributed by atoms with van der Waals surface area (Å²) in [7, 11) is 0. The van der Waals surface area contributed by atoms with Crippen LogP contribution < -0.4 is 0 Å². The van der Waals surface area contributed by atoms with Crippen LogP contribution >= 0.6 is 34.8 Å². The Morgan fingerprint density at radius 3 is 1.28 bits per heavy atom. The first-order valence-electron chi connectivity index (χ1n) is 19.5. The molecule has 2 saturated heterocycles. The fraction of sp³-hybridized carbons (Fsp3) is 0.395. The number of rotatable bonds is 15. The van der Waals surface area contributed by atoms with Crippen molar-refractivity contribution in [2.45, 2.75) is 92.9 Å². The van der Waals surface area contributed by atoms with E-state index in [0.29, 0.717) is 0 Å². The van der Waals surface area contributed by atoms with Crippen LogP contribution in [0.15, 0.2) is 91.0 Å². The van der Waals surface area contributed by atoms with E-state index in [2.05, 4.69) is 0 Å². The van der Waals surface area contributed by atoms with Crippen LogP contribution in [0, 0.1) is 5.41 Å². The molecule has 3 aromatic rings. The van der Waals surface area contributed by atoms with Gasteiger partial charge in [-0.1, -0.05) is 89.4 Å². The van der Waals surface area contributed by atoms with Crippen molar-refractivity contribution in [2.75, 3.05) is 13.2 Å². The van der Waals surface area contributed by atoms with E-state index in [9.17, 15) is 33.6 Å². The number of hydrogen-bond donors (Lipinski definition) is 1. The zero-order valence-corrected chi connectivity index (χ0v) is 37.1. The molecule has 65 heavy (non-hydrogen) atoms. The molecule has 0 radical (unpaired) electrons. The zero-order chi connectivity index (χ0) is 47.4. The summed E-state index contributed by atoms with van der Waals surface area (Å²) in [6.45, 7) is 2.75. The second-order valence-electron chi connectivity index (χ2n) is 14.1. The zero-order valence-electron chi connectivity index (χ0n) is 34.8. The van der Waals surface area contributed by atoms with Crippen molar-refractivity contribution >= 4 is 82.5 Å². The Labute approximate surface area is 386 Å². The molecule has 0 amide bonds. The van der Waals surface area contributed by atoms with Crippen molar-refractivity contribution in [1.82, 2.24) is 0 Å². The predicted molar refractivity (Wildman–Crippen MR) is 223 cm³/mol. The summed E-state index contributed by atoms with van der Waals surface area (Å²) in [6.07, 6.45) is -17.5. The fourth-order valence-electron chi connectivity index (χ4n) is 6.50. The lowest BCUT2D eigenvalue weighted by Gasteiger charge is -2.46. The third-order valence-electron chi connectivity index (χ3n) is 9.21. The van der Waals surface area contributed by atoms with Gasteiger partial charge in [0, 0.05) is 27.7 Å². The van der Waals surface area contributed by atoms with E-state index in [1.807, 2.05) is 0 Å². The van der Waals surface area contributed by atoms with E-state index < -0.39 is 126 Å². The van der Waals surface area contributed by atoms with Gasteiger partial charge in [0.05, 0.1) is 23.3 Å². The van der Waals surface area contributed by atoms with Crippen molar-refractivity contribution in [3.63, 3.8) is 0 Å². The lowest BCUT2D eigenvalue weighted by molar-refractivity contribution is -0.326. The summed E-state index contributed by atoms with van der Waals surface area (Å²) in [4.78, 5) is 90.9. The SMILES string of the molecule is CC(=O)OC[C@H]1O[C@@H](OC[C@H]2O[C@H](OC(=N)C(Cl)(Cl)Cl)[C@H](OC(=O)c3ccccc3)[C@@H](OC(=O)c3ccccc3)[C@@H]2OC(=O)c2ccccc2)[C@H](OC(C)=O)[C@@H](OC(C)=O)[C@@H]1OC(C)=O. The summed E-state index contributed by atoms with van der Waals surface area (Å²) >= 11 is 18.0. The van der Waals surface area contributed by atoms with E-state index in [-0.39, 0.29) is 16.7 Å². The number of alkyl halides is 3. The van der Waals surface area contributed by atoms with Gasteiger partial charge in [-0.3, -0.25) is 24.6 Å². The van der Waals surface area contributed by atoms with Crippen molar-refractivity contribution in [3.8, 4) is 0 Å². The van der Waals surface area contributed by atoms with Gasteiger partial charge in [0.25, 0.3) is 3.79 Å².